The van der Waals surface area contributed by atoms with Gasteiger partial charge in [0.15, 0.2) is 0 Å². The van der Waals surface area contributed by atoms with Gasteiger partial charge < -0.3 is 10.1 Å². The van der Waals surface area contributed by atoms with Crippen LogP contribution >= 0.6 is 15.9 Å². The largest absolute Gasteiger partial charge is 0.326 e. The van der Waals surface area contributed by atoms with E-state index in [-0.39, 0.29) is 0 Å². The van der Waals surface area contributed by atoms with Gasteiger partial charge in [0.2, 0.25) is 0 Å². The molecular weight excluding hydrogens is 230 g/mol. The van der Waals surface area contributed by atoms with Crippen LogP contribution in [0, 0.1) is 6.92 Å². The summed E-state index contributed by atoms with van der Waals surface area (Å²) in [6, 6.07) is 2.00. The highest BCUT2D eigenvalue weighted by Gasteiger charge is 2.04. The van der Waals surface area contributed by atoms with Gasteiger partial charge in [0, 0.05) is 29.0 Å². The highest BCUT2D eigenvalue weighted by Crippen LogP contribution is 2.17. The first-order valence-electron chi connectivity index (χ1n) is 4.04. The maximum atomic E-state index is 5.62. The van der Waals surface area contributed by atoms with E-state index in [1.807, 2.05) is 29.8 Å². The van der Waals surface area contributed by atoms with Crippen molar-refractivity contribution in [2.75, 3.05) is 0 Å². The van der Waals surface area contributed by atoms with Gasteiger partial charge >= 0.3 is 0 Å². The third-order valence-electron chi connectivity index (χ3n) is 1.93. The van der Waals surface area contributed by atoms with E-state index >= 15 is 0 Å². The number of fused-ring (bicyclic) bond motifs is 1. The monoisotopic (exact) mass is 239 g/mol. The fraction of sp³-hybridized carbons (Fsp3) is 0.222. The highest BCUT2D eigenvalue weighted by molar-refractivity contribution is 9.10. The molecule has 0 radical (unpaired) electrons. The second-order valence-corrected chi connectivity index (χ2v) is 3.92. The number of hydrogen-bond acceptors (Lipinski definition) is 2. The molecule has 3 nitrogen and oxygen atoms in total. The Labute approximate surface area is 84.7 Å². The van der Waals surface area contributed by atoms with Crippen LogP contribution in [0.25, 0.3) is 5.65 Å². The second-order valence-electron chi connectivity index (χ2n) is 3.00. The Kier molecular flexibility index (Phi) is 2.09. The first kappa shape index (κ1) is 8.72. The van der Waals surface area contributed by atoms with Gasteiger partial charge in [0.1, 0.15) is 5.65 Å². The lowest BCUT2D eigenvalue weighted by atomic mass is 10.3. The molecule has 4 heteroatoms. The molecule has 0 aliphatic heterocycles. The standard InChI is InChI=1S/C9H10BrN3/c1-6-4-13-5-8(10)2-7(3-11)9(13)12-6/h2,4-5H,3,11H2,1H3. The van der Waals surface area contributed by atoms with Gasteiger partial charge in [-0.2, -0.15) is 0 Å². The molecule has 2 N–H and O–H groups in total. The minimum Gasteiger partial charge on any atom is -0.326 e. The summed E-state index contributed by atoms with van der Waals surface area (Å²) in [7, 11) is 0. The van der Waals surface area contributed by atoms with Crippen molar-refractivity contribution in [2.24, 2.45) is 5.73 Å². The summed E-state index contributed by atoms with van der Waals surface area (Å²) in [5.74, 6) is 0. The highest BCUT2D eigenvalue weighted by atomic mass is 79.9. The maximum Gasteiger partial charge on any atom is 0.141 e. The fourth-order valence-electron chi connectivity index (χ4n) is 1.40. The molecule has 0 aromatic carbocycles. The minimum absolute atomic E-state index is 0.513. The SMILES string of the molecule is Cc1cn2cc(Br)cc(CN)c2n1. The quantitative estimate of drug-likeness (QED) is 0.826. The number of aryl methyl sites for hydroxylation is 1. The van der Waals surface area contributed by atoms with Gasteiger partial charge in [-0.25, -0.2) is 4.98 Å². The van der Waals surface area contributed by atoms with Crippen molar-refractivity contribution in [1.82, 2.24) is 9.38 Å². The van der Waals surface area contributed by atoms with E-state index in [4.69, 9.17) is 5.73 Å². The van der Waals surface area contributed by atoms with Gasteiger partial charge in [-0.15, -0.1) is 0 Å². The Bertz CT molecular complexity index is 447. The van der Waals surface area contributed by atoms with E-state index < -0.39 is 0 Å². The van der Waals surface area contributed by atoms with Crippen molar-refractivity contribution in [3.8, 4) is 0 Å². The number of pyridine rings is 1. The second kappa shape index (κ2) is 3.12. The summed E-state index contributed by atoms with van der Waals surface area (Å²) >= 11 is 3.43. The van der Waals surface area contributed by atoms with Crippen LogP contribution in [0.1, 0.15) is 11.3 Å². The van der Waals surface area contributed by atoms with Crippen LogP contribution in [0.2, 0.25) is 0 Å². The number of nitrogens with two attached hydrogens (primary N) is 1. The lowest BCUT2D eigenvalue weighted by Gasteiger charge is -2.01. The van der Waals surface area contributed by atoms with Crippen molar-refractivity contribution >= 4 is 21.6 Å². The summed E-state index contributed by atoms with van der Waals surface area (Å²) in [6.07, 6.45) is 3.97. The molecule has 0 aliphatic rings. The molecule has 0 unspecified atom stereocenters. The van der Waals surface area contributed by atoms with E-state index in [2.05, 4.69) is 20.9 Å². The molecule has 68 valence electrons. The average molecular weight is 240 g/mol. The number of halogens is 1. The summed E-state index contributed by atoms with van der Waals surface area (Å²) in [4.78, 5) is 4.39. The van der Waals surface area contributed by atoms with Crippen LogP contribution in [-0.4, -0.2) is 9.38 Å². The normalized spacial score (nSPS) is 11.0. The Morgan fingerprint density at radius 2 is 2.31 bits per heavy atom. The number of nitrogens with zero attached hydrogens (tertiary/aromatic N) is 2. The number of rotatable bonds is 1. The van der Waals surface area contributed by atoms with Gasteiger partial charge in [-0.3, -0.25) is 0 Å². The number of imidazole rings is 1. The number of hydrogen-bond donors (Lipinski definition) is 1. The summed E-state index contributed by atoms with van der Waals surface area (Å²) in [5, 5.41) is 0. The molecule has 2 rings (SSSR count). The van der Waals surface area contributed by atoms with E-state index in [9.17, 15) is 0 Å². The molecule has 0 saturated carbocycles. The average Bonchev–Trinajstić information content (AvgIpc) is 2.43. The van der Waals surface area contributed by atoms with Crippen molar-refractivity contribution in [3.63, 3.8) is 0 Å². The topological polar surface area (TPSA) is 43.3 Å². The van der Waals surface area contributed by atoms with Crippen molar-refractivity contribution in [3.05, 3.63) is 34.2 Å². The molecule has 0 bridgehead atoms. The third-order valence-corrected chi connectivity index (χ3v) is 2.37. The predicted molar refractivity (Wildman–Crippen MR) is 55.5 cm³/mol. The van der Waals surface area contributed by atoms with Crippen LogP contribution in [-0.2, 0) is 6.54 Å². The molecular formula is C9H10BrN3. The van der Waals surface area contributed by atoms with Gasteiger partial charge in [0.05, 0.1) is 5.69 Å². The molecule has 2 heterocycles. The lowest BCUT2D eigenvalue weighted by Crippen LogP contribution is -1.99. The van der Waals surface area contributed by atoms with Crippen LogP contribution in [0.5, 0.6) is 0 Å². The van der Waals surface area contributed by atoms with Gasteiger partial charge in [-0.1, -0.05) is 0 Å². The fourth-order valence-corrected chi connectivity index (χ4v) is 1.90. The Hall–Kier alpha value is -0.870. The first-order valence-corrected chi connectivity index (χ1v) is 4.84. The predicted octanol–water partition coefficient (Wildman–Crippen LogP) is 1.86. The summed E-state index contributed by atoms with van der Waals surface area (Å²) < 4.78 is 3.01. The molecule has 0 amide bonds. The molecule has 2 aromatic heterocycles. The zero-order chi connectivity index (χ0) is 9.42. The first-order chi connectivity index (χ1) is 6.20. The Balaban J connectivity index is 2.80. The molecule has 0 fully saturated rings. The molecule has 13 heavy (non-hydrogen) atoms. The van der Waals surface area contributed by atoms with Gasteiger partial charge in [0.25, 0.3) is 0 Å². The van der Waals surface area contributed by atoms with E-state index in [1.54, 1.807) is 0 Å². The Morgan fingerprint density at radius 1 is 1.54 bits per heavy atom. The molecule has 2 aromatic rings. The maximum absolute atomic E-state index is 5.62. The van der Waals surface area contributed by atoms with Crippen LogP contribution in [0.15, 0.2) is 22.9 Å². The Morgan fingerprint density at radius 3 is 3.00 bits per heavy atom. The van der Waals surface area contributed by atoms with Crippen LogP contribution in [0.3, 0.4) is 0 Å². The third kappa shape index (κ3) is 1.47. The van der Waals surface area contributed by atoms with Crippen LogP contribution < -0.4 is 5.73 Å². The van der Waals surface area contributed by atoms with Crippen LogP contribution in [0.4, 0.5) is 0 Å². The van der Waals surface area contributed by atoms with Gasteiger partial charge in [-0.05, 0) is 28.9 Å². The van der Waals surface area contributed by atoms with E-state index in [1.165, 1.54) is 0 Å². The van der Waals surface area contributed by atoms with E-state index in [0.29, 0.717) is 6.54 Å². The summed E-state index contributed by atoms with van der Waals surface area (Å²) in [5.41, 5.74) is 8.63. The number of aromatic nitrogens is 2. The van der Waals surface area contributed by atoms with Crippen molar-refractivity contribution in [1.29, 1.82) is 0 Å². The lowest BCUT2D eigenvalue weighted by molar-refractivity contribution is 1.04. The molecule has 0 aliphatic carbocycles. The summed E-state index contributed by atoms with van der Waals surface area (Å²) in [6.45, 7) is 2.49. The zero-order valence-electron chi connectivity index (χ0n) is 7.29. The van der Waals surface area contributed by atoms with Crippen molar-refractivity contribution < 1.29 is 0 Å². The van der Waals surface area contributed by atoms with Crippen molar-refractivity contribution in [2.45, 2.75) is 13.5 Å². The smallest absolute Gasteiger partial charge is 0.141 e. The molecule has 0 spiro atoms. The minimum atomic E-state index is 0.513. The molecule has 0 atom stereocenters. The van der Waals surface area contributed by atoms with E-state index in [0.717, 1.165) is 21.4 Å². The molecule has 0 saturated heterocycles. The zero-order valence-corrected chi connectivity index (χ0v) is 8.87.